The fourth-order valence-electron chi connectivity index (χ4n) is 3.51. The Morgan fingerprint density at radius 1 is 1.16 bits per heavy atom. The molecule has 2 aromatic rings. The Hall–Kier alpha value is -1.35. The molecule has 1 unspecified atom stereocenters. The maximum absolute atomic E-state index is 13.2. The third kappa shape index (κ3) is 1.64. The van der Waals surface area contributed by atoms with Crippen LogP contribution in [0.2, 0.25) is 0 Å². The zero-order valence-corrected chi connectivity index (χ0v) is 11.8. The van der Waals surface area contributed by atoms with Crippen molar-refractivity contribution in [1.82, 2.24) is 0 Å². The highest BCUT2D eigenvalue weighted by molar-refractivity contribution is 5.78. The molecule has 0 spiro atoms. The van der Waals surface area contributed by atoms with Crippen LogP contribution in [-0.2, 0) is 0 Å². The summed E-state index contributed by atoms with van der Waals surface area (Å²) in [6.07, 6.45) is 0. The van der Waals surface area contributed by atoms with Crippen molar-refractivity contribution in [2.45, 2.75) is 33.7 Å². The third-order valence-corrected chi connectivity index (χ3v) is 5.32. The molecule has 0 bridgehead atoms. The van der Waals surface area contributed by atoms with Gasteiger partial charge in [-0.3, -0.25) is 0 Å². The topological polar surface area (TPSA) is 39.2 Å². The van der Waals surface area contributed by atoms with Crippen LogP contribution >= 0.6 is 0 Å². The SMILES string of the molecule is CC1(C)C(C(N)c2cc3cc(F)ccc3o2)C1(C)C. The summed E-state index contributed by atoms with van der Waals surface area (Å²) in [6, 6.07) is 6.28. The monoisotopic (exact) mass is 261 g/mol. The third-order valence-electron chi connectivity index (χ3n) is 5.32. The molecule has 0 aliphatic heterocycles. The van der Waals surface area contributed by atoms with E-state index in [2.05, 4.69) is 27.7 Å². The van der Waals surface area contributed by atoms with Crippen molar-refractivity contribution in [2.75, 3.05) is 0 Å². The van der Waals surface area contributed by atoms with Gasteiger partial charge in [0.25, 0.3) is 0 Å². The molecule has 0 radical (unpaired) electrons. The minimum atomic E-state index is -0.250. The predicted molar refractivity (Wildman–Crippen MR) is 74.2 cm³/mol. The summed E-state index contributed by atoms with van der Waals surface area (Å²) < 4.78 is 19.0. The molecule has 3 rings (SSSR count). The van der Waals surface area contributed by atoms with E-state index in [1.807, 2.05) is 6.07 Å². The molecule has 0 amide bonds. The van der Waals surface area contributed by atoms with Crippen molar-refractivity contribution in [3.63, 3.8) is 0 Å². The van der Waals surface area contributed by atoms with Crippen molar-refractivity contribution < 1.29 is 8.81 Å². The van der Waals surface area contributed by atoms with E-state index in [0.29, 0.717) is 11.5 Å². The molecule has 1 aromatic heterocycles. The summed E-state index contributed by atoms with van der Waals surface area (Å²) in [5.74, 6) is 0.884. The number of hydrogen-bond donors (Lipinski definition) is 1. The molecular formula is C16H20FNO. The number of furan rings is 1. The summed E-state index contributed by atoms with van der Waals surface area (Å²) in [5, 5.41) is 0.779. The van der Waals surface area contributed by atoms with Gasteiger partial charge in [-0.1, -0.05) is 27.7 Å². The minimum absolute atomic E-state index is 0.138. The summed E-state index contributed by atoms with van der Waals surface area (Å²) in [4.78, 5) is 0. The Balaban J connectivity index is 1.97. The van der Waals surface area contributed by atoms with Crippen LogP contribution in [-0.4, -0.2) is 0 Å². The number of fused-ring (bicyclic) bond motifs is 1. The zero-order valence-electron chi connectivity index (χ0n) is 11.8. The fourth-order valence-corrected chi connectivity index (χ4v) is 3.51. The van der Waals surface area contributed by atoms with Crippen LogP contribution in [0.25, 0.3) is 11.0 Å². The van der Waals surface area contributed by atoms with Crippen molar-refractivity contribution in [1.29, 1.82) is 0 Å². The average molecular weight is 261 g/mol. The van der Waals surface area contributed by atoms with Gasteiger partial charge in [-0.05, 0) is 41.0 Å². The first-order valence-electron chi connectivity index (χ1n) is 6.70. The van der Waals surface area contributed by atoms with Gasteiger partial charge in [0.15, 0.2) is 0 Å². The normalized spacial score (nSPS) is 22.6. The van der Waals surface area contributed by atoms with Gasteiger partial charge in [0.2, 0.25) is 0 Å². The first-order valence-corrected chi connectivity index (χ1v) is 6.70. The highest BCUT2D eigenvalue weighted by atomic mass is 19.1. The Morgan fingerprint density at radius 2 is 1.79 bits per heavy atom. The number of nitrogens with two attached hydrogens (primary N) is 1. The van der Waals surface area contributed by atoms with Gasteiger partial charge in [0.1, 0.15) is 17.2 Å². The summed E-state index contributed by atoms with van der Waals surface area (Å²) in [6.45, 7) is 8.94. The van der Waals surface area contributed by atoms with E-state index in [-0.39, 0.29) is 22.7 Å². The second-order valence-electron chi connectivity index (χ2n) is 6.78. The van der Waals surface area contributed by atoms with Crippen LogP contribution < -0.4 is 5.73 Å². The largest absolute Gasteiger partial charge is 0.459 e. The standard InChI is InChI=1S/C16H20FNO/c1-15(2)14(16(15,3)4)13(18)12-8-9-7-10(17)5-6-11(9)19-12/h5-8,13-14H,18H2,1-4H3. The van der Waals surface area contributed by atoms with E-state index in [9.17, 15) is 4.39 Å². The molecule has 0 saturated heterocycles. The molecule has 2 nitrogen and oxygen atoms in total. The molecule has 1 heterocycles. The highest BCUT2D eigenvalue weighted by Gasteiger charge is 2.67. The molecule has 1 aliphatic carbocycles. The quantitative estimate of drug-likeness (QED) is 0.877. The fraction of sp³-hybridized carbons (Fsp3) is 0.500. The molecular weight excluding hydrogens is 241 g/mol. The second kappa shape index (κ2) is 3.60. The van der Waals surface area contributed by atoms with E-state index in [0.717, 1.165) is 11.1 Å². The van der Waals surface area contributed by atoms with E-state index in [4.69, 9.17) is 10.2 Å². The average Bonchev–Trinajstić information content (AvgIpc) is 2.64. The van der Waals surface area contributed by atoms with Crippen LogP contribution in [0.3, 0.4) is 0 Å². The van der Waals surface area contributed by atoms with E-state index >= 15 is 0 Å². The van der Waals surface area contributed by atoms with Crippen LogP contribution in [0, 0.1) is 22.6 Å². The van der Waals surface area contributed by atoms with Gasteiger partial charge in [0.05, 0.1) is 6.04 Å². The molecule has 1 fully saturated rings. The number of rotatable bonds is 2. The molecule has 2 N–H and O–H groups in total. The Bertz CT molecular complexity index is 627. The van der Waals surface area contributed by atoms with Gasteiger partial charge < -0.3 is 10.2 Å². The lowest BCUT2D eigenvalue weighted by molar-refractivity contribution is 0.415. The lowest BCUT2D eigenvalue weighted by Gasteiger charge is -2.10. The highest BCUT2D eigenvalue weighted by Crippen LogP contribution is 2.71. The summed E-state index contributed by atoms with van der Waals surface area (Å²) >= 11 is 0. The van der Waals surface area contributed by atoms with Crippen LogP contribution in [0.4, 0.5) is 4.39 Å². The Labute approximate surface area is 112 Å². The maximum Gasteiger partial charge on any atom is 0.134 e. The molecule has 3 heteroatoms. The molecule has 1 aromatic carbocycles. The van der Waals surface area contributed by atoms with Gasteiger partial charge in [-0.25, -0.2) is 4.39 Å². The van der Waals surface area contributed by atoms with Crippen LogP contribution in [0.15, 0.2) is 28.7 Å². The lowest BCUT2D eigenvalue weighted by Crippen LogP contribution is -2.15. The summed E-state index contributed by atoms with van der Waals surface area (Å²) in [7, 11) is 0. The zero-order chi connectivity index (χ0) is 14.0. The minimum Gasteiger partial charge on any atom is -0.459 e. The van der Waals surface area contributed by atoms with Crippen molar-refractivity contribution >= 4 is 11.0 Å². The summed E-state index contributed by atoms with van der Waals surface area (Å²) in [5.41, 5.74) is 7.47. The van der Waals surface area contributed by atoms with Gasteiger partial charge in [0, 0.05) is 5.39 Å². The molecule has 1 atom stereocenters. The molecule has 1 saturated carbocycles. The molecule has 102 valence electrons. The lowest BCUT2D eigenvalue weighted by atomic mass is 10.0. The van der Waals surface area contributed by atoms with Gasteiger partial charge >= 0.3 is 0 Å². The van der Waals surface area contributed by atoms with E-state index in [1.54, 1.807) is 6.07 Å². The van der Waals surface area contributed by atoms with Gasteiger partial charge in [-0.2, -0.15) is 0 Å². The molecule has 1 aliphatic rings. The van der Waals surface area contributed by atoms with Crippen molar-refractivity contribution in [2.24, 2.45) is 22.5 Å². The van der Waals surface area contributed by atoms with Gasteiger partial charge in [-0.15, -0.1) is 0 Å². The maximum atomic E-state index is 13.2. The van der Waals surface area contributed by atoms with Crippen molar-refractivity contribution in [3.8, 4) is 0 Å². The second-order valence-corrected chi connectivity index (χ2v) is 6.78. The van der Waals surface area contributed by atoms with E-state index in [1.165, 1.54) is 12.1 Å². The number of halogens is 1. The Morgan fingerprint density at radius 3 is 2.37 bits per heavy atom. The van der Waals surface area contributed by atoms with Crippen molar-refractivity contribution in [3.05, 3.63) is 35.8 Å². The number of benzene rings is 1. The first-order chi connectivity index (χ1) is 8.75. The van der Waals surface area contributed by atoms with Crippen LogP contribution in [0.1, 0.15) is 39.5 Å². The van der Waals surface area contributed by atoms with E-state index < -0.39 is 0 Å². The number of hydrogen-bond acceptors (Lipinski definition) is 2. The van der Waals surface area contributed by atoms with Crippen LogP contribution in [0.5, 0.6) is 0 Å². The first kappa shape index (κ1) is 12.7. The Kier molecular flexibility index (Phi) is 2.40. The molecule has 19 heavy (non-hydrogen) atoms. The smallest absolute Gasteiger partial charge is 0.134 e. The predicted octanol–water partition coefficient (Wildman–Crippen LogP) is 4.25.